The van der Waals surface area contributed by atoms with Crippen LogP contribution in [0.1, 0.15) is 32.1 Å². The Morgan fingerprint density at radius 2 is 1.91 bits per heavy atom. The lowest BCUT2D eigenvalue weighted by Crippen LogP contribution is -2.51. The molecule has 43 heavy (non-hydrogen) atoms. The third-order valence-corrected chi connectivity index (χ3v) is 9.72. The number of phenols is 1. The number of nitrogens with one attached hydrogen (secondary N) is 1. The quantitative estimate of drug-likeness (QED) is 0.362. The number of aromatic hydroxyl groups is 1. The van der Waals surface area contributed by atoms with E-state index in [9.17, 15) is 18.7 Å². The normalized spacial score (nSPS) is 27.0. The fourth-order valence-electron chi connectivity index (χ4n) is 7.76. The molecule has 2 N–H and O–H groups in total. The molecule has 4 saturated heterocycles. The first kappa shape index (κ1) is 26.7. The molecule has 4 aromatic rings. The van der Waals surface area contributed by atoms with Crippen molar-refractivity contribution in [1.29, 1.82) is 0 Å². The molecule has 8 rings (SSSR count). The summed E-state index contributed by atoms with van der Waals surface area (Å²) in [6, 6.07) is 7.25. The SMILES string of the molecule is O=c1c2nc(OC[C@@]34CCCN3C[C@H](F)C4)cc(N3CC4CCC(C3)N4)c2cnn1-c1cc(O)cc2ccc(F)c(F)c12. The summed E-state index contributed by atoms with van der Waals surface area (Å²) < 4.78 is 51.0. The fraction of sp³-hybridized carbons (Fsp3) is 0.452. The number of hydrogen-bond donors (Lipinski definition) is 2. The van der Waals surface area contributed by atoms with Crippen molar-refractivity contribution in [1.82, 2.24) is 25.0 Å². The molecule has 4 aliphatic heterocycles. The van der Waals surface area contributed by atoms with Crippen molar-refractivity contribution in [3.63, 3.8) is 0 Å². The Hall–Kier alpha value is -3.90. The lowest BCUT2D eigenvalue weighted by atomic mass is 9.95. The maximum Gasteiger partial charge on any atom is 0.298 e. The zero-order valence-corrected chi connectivity index (χ0v) is 23.4. The van der Waals surface area contributed by atoms with Crippen LogP contribution < -0.4 is 20.5 Å². The van der Waals surface area contributed by atoms with Crippen LogP contribution in [0.3, 0.4) is 0 Å². The first-order valence-corrected chi connectivity index (χ1v) is 14.9. The van der Waals surface area contributed by atoms with E-state index in [1.54, 1.807) is 0 Å². The Balaban J connectivity index is 1.27. The average Bonchev–Trinajstić information content (AvgIpc) is 3.63. The first-order chi connectivity index (χ1) is 20.8. The van der Waals surface area contributed by atoms with Gasteiger partial charge in [0.15, 0.2) is 11.6 Å². The van der Waals surface area contributed by atoms with Crippen LogP contribution in [0.15, 0.2) is 41.3 Å². The highest BCUT2D eigenvalue weighted by molar-refractivity contribution is 5.94. The van der Waals surface area contributed by atoms with Gasteiger partial charge in [-0.05, 0) is 49.7 Å². The second-order valence-electron chi connectivity index (χ2n) is 12.4. The van der Waals surface area contributed by atoms with E-state index in [0.717, 1.165) is 61.8 Å². The van der Waals surface area contributed by atoms with Gasteiger partial charge in [0, 0.05) is 61.0 Å². The van der Waals surface area contributed by atoms with E-state index in [-0.39, 0.29) is 40.2 Å². The van der Waals surface area contributed by atoms with Crippen LogP contribution in [0.2, 0.25) is 0 Å². The van der Waals surface area contributed by atoms with E-state index in [0.29, 0.717) is 30.4 Å². The number of alkyl halides is 1. The molecule has 9 nitrogen and oxygen atoms in total. The second-order valence-corrected chi connectivity index (χ2v) is 12.4. The van der Waals surface area contributed by atoms with Crippen molar-refractivity contribution >= 4 is 27.4 Å². The van der Waals surface area contributed by atoms with Crippen LogP contribution >= 0.6 is 0 Å². The molecule has 12 heteroatoms. The van der Waals surface area contributed by atoms with Crippen LogP contribution in [0.5, 0.6) is 11.6 Å². The van der Waals surface area contributed by atoms with E-state index in [2.05, 4.69) is 25.2 Å². The van der Waals surface area contributed by atoms with Gasteiger partial charge in [-0.3, -0.25) is 9.69 Å². The standard InChI is InChI=1S/C31H31F3N6O3/c32-18-11-31(6-1-7-39(31)13-18)16-43-26-10-24(38-14-19-3-4-20(15-38)36-19)22-12-35-40(30(42)29(22)37-26)25-9-21(41)8-17-2-5-23(33)28(34)27(17)25/h2,5,8-10,12,18-20,36,41H,1,3-4,6-7,11,13-16H2/t18-,19?,20?,31+/m1/s1. The van der Waals surface area contributed by atoms with Gasteiger partial charge in [-0.15, -0.1) is 0 Å². The minimum absolute atomic E-state index is 0.0530. The zero-order chi connectivity index (χ0) is 29.5. The number of anilines is 1. The Labute approximate surface area is 244 Å². The summed E-state index contributed by atoms with van der Waals surface area (Å²) in [6.07, 6.45) is 4.93. The number of nitrogens with zero attached hydrogens (tertiary/aromatic N) is 5. The molecule has 0 radical (unpaired) electrons. The minimum atomic E-state index is -1.15. The molecule has 6 heterocycles. The Morgan fingerprint density at radius 3 is 2.72 bits per heavy atom. The monoisotopic (exact) mass is 592 g/mol. The Kier molecular flexibility index (Phi) is 6.10. The molecule has 4 atom stereocenters. The number of pyridine rings is 1. The van der Waals surface area contributed by atoms with Crippen molar-refractivity contribution < 1.29 is 23.0 Å². The summed E-state index contributed by atoms with van der Waals surface area (Å²) in [5.41, 5.74) is -0.358. The molecule has 0 spiro atoms. The number of rotatable bonds is 5. The van der Waals surface area contributed by atoms with Crippen molar-refractivity contribution in [2.45, 2.75) is 55.9 Å². The number of hydrogen-bond acceptors (Lipinski definition) is 8. The summed E-state index contributed by atoms with van der Waals surface area (Å²) in [5, 5.41) is 18.9. The topological polar surface area (TPSA) is 95.8 Å². The van der Waals surface area contributed by atoms with Crippen LogP contribution in [-0.4, -0.2) is 81.4 Å². The van der Waals surface area contributed by atoms with Gasteiger partial charge < -0.3 is 20.1 Å². The summed E-state index contributed by atoms with van der Waals surface area (Å²) in [5.74, 6) is -2.22. The van der Waals surface area contributed by atoms with Crippen molar-refractivity contribution in [3.05, 3.63) is 58.5 Å². The van der Waals surface area contributed by atoms with E-state index in [4.69, 9.17) is 4.74 Å². The molecular formula is C31H31F3N6O3. The maximum atomic E-state index is 15.1. The molecule has 2 bridgehead atoms. The van der Waals surface area contributed by atoms with Crippen LogP contribution in [0.25, 0.3) is 27.4 Å². The van der Waals surface area contributed by atoms with Crippen molar-refractivity contribution in [3.8, 4) is 17.3 Å². The average molecular weight is 593 g/mol. The fourth-order valence-corrected chi connectivity index (χ4v) is 7.76. The number of halogens is 3. The molecule has 2 aromatic heterocycles. The van der Waals surface area contributed by atoms with Gasteiger partial charge in [-0.1, -0.05) is 6.07 Å². The Morgan fingerprint density at radius 1 is 1.09 bits per heavy atom. The van der Waals surface area contributed by atoms with Gasteiger partial charge in [-0.2, -0.15) is 9.78 Å². The molecule has 2 unspecified atom stereocenters. The van der Waals surface area contributed by atoms with E-state index in [1.165, 1.54) is 24.4 Å². The largest absolute Gasteiger partial charge is 0.508 e. The van der Waals surface area contributed by atoms with Crippen LogP contribution in [-0.2, 0) is 0 Å². The van der Waals surface area contributed by atoms with E-state index < -0.39 is 28.9 Å². The van der Waals surface area contributed by atoms with Gasteiger partial charge in [-0.25, -0.2) is 18.2 Å². The minimum Gasteiger partial charge on any atom is -0.508 e. The van der Waals surface area contributed by atoms with Gasteiger partial charge in [0.05, 0.1) is 23.1 Å². The number of aromatic nitrogens is 3. The summed E-state index contributed by atoms with van der Waals surface area (Å²) in [6.45, 7) is 2.95. The molecule has 0 saturated carbocycles. The molecule has 0 aliphatic carbocycles. The number of piperazine rings is 1. The lowest BCUT2D eigenvalue weighted by Gasteiger charge is -2.35. The third-order valence-electron chi connectivity index (χ3n) is 9.72. The van der Waals surface area contributed by atoms with Crippen molar-refractivity contribution in [2.24, 2.45) is 0 Å². The summed E-state index contributed by atoms with van der Waals surface area (Å²) >= 11 is 0. The maximum absolute atomic E-state index is 15.1. The molecule has 224 valence electrons. The number of fused-ring (bicyclic) bond motifs is 5. The highest BCUT2D eigenvalue weighted by atomic mass is 19.2. The predicted molar refractivity (Wildman–Crippen MR) is 155 cm³/mol. The molecule has 2 aromatic carbocycles. The smallest absolute Gasteiger partial charge is 0.298 e. The van der Waals surface area contributed by atoms with Gasteiger partial charge in [0.1, 0.15) is 24.0 Å². The highest BCUT2D eigenvalue weighted by Gasteiger charge is 2.49. The number of phenolic OH excluding ortho intramolecular Hbond substituents is 1. The number of benzene rings is 2. The van der Waals surface area contributed by atoms with Gasteiger partial charge >= 0.3 is 0 Å². The molecular weight excluding hydrogens is 561 g/mol. The molecule has 4 aliphatic rings. The lowest BCUT2D eigenvalue weighted by molar-refractivity contribution is 0.111. The summed E-state index contributed by atoms with van der Waals surface area (Å²) in [4.78, 5) is 23.1. The van der Waals surface area contributed by atoms with Crippen LogP contribution in [0, 0.1) is 11.6 Å². The molecule has 4 fully saturated rings. The third kappa shape index (κ3) is 4.33. The molecule has 0 amide bonds. The van der Waals surface area contributed by atoms with E-state index >= 15 is 4.39 Å². The summed E-state index contributed by atoms with van der Waals surface area (Å²) in [7, 11) is 0. The van der Waals surface area contributed by atoms with Crippen LogP contribution in [0.4, 0.5) is 18.9 Å². The first-order valence-electron chi connectivity index (χ1n) is 14.9. The van der Waals surface area contributed by atoms with Gasteiger partial charge in [0.25, 0.3) is 5.56 Å². The van der Waals surface area contributed by atoms with Crippen molar-refractivity contribution in [2.75, 3.05) is 37.7 Å². The Bertz CT molecular complexity index is 1820. The number of ether oxygens (including phenoxy) is 1. The predicted octanol–water partition coefficient (Wildman–Crippen LogP) is 3.81. The van der Waals surface area contributed by atoms with E-state index in [1.807, 2.05) is 6.07 Å². The zero-order valence-electron chi connectivity index (χ0n) is 23.4. The second kappa shape index (κ2) is 9.81. The van der Waals surface area contributed by atoms with Gasteiger partial charge in [0.2, 0.25) is 5.88 Å². The highest BCUT2D eigenvalue weighted by Crippen LogP contribution is 2.41.